The molecule has 2 N–H and O–H groups in total. The molecule has 0 saturated carbocycles. The van der Waals surface area contributed by atoms with E-state index in [-0.39, 0.29) is 5.91 Å². The van der Waals surface area contributed by atoms with E-state index in [1.807, 2.05) is 44.2 Å². The Kier molecular flexibility index (Phi) is 5.30. The maximum Gasteiger partial charge on any atom is 0.221 e. The molecule has 2 aromatic carbocycles. The standard InChI is InChI=1S/C21H25NO4/c1-14(23)22-16-9-10-18-17(13-16)19(20(24)21(2,3)26-18)25-12-11-15-7-5-4-6-8-15/h4-10,13,19-20,24H,11-12H2,1-3H3,(H,22,23)/t19-,20+/m0/s1. The van der Waals surface area contributed by atoms with Crippen LogP contribution in [0, 0.1) is 0 Å². The van der Waals surface area contributed by atoms with Gasteiger partial charge in [0.1, 0.15) is 23.6 Å². The zero-order valence-electron chi connectivity index (χ0n) is 15.4. The molecule has 0 spiro atoms. The predicted octanol–water partition coefficient (Wildman–Crippen LogP) is 3.48. The average Bonchev–Trinajstić information content (AvgIpc) is 2.59. The van der Waals surface area contributed by atoms with Crippen molar-refractivity contribution in [2.24, 2.45) is 0 Å². The van der Waals surface area contributed by atoms with Crippen LogP contribution < -0.4 is 10.1 Å². The molecular formula is C21H25NO4. The van der Waals surface area contributed by atoms with Crippen LogP contribution in [0.25, 0.3) is 0 Å². The van der Waals surface area contributed by atoms with Gasteiger partial charge in [-0.25, -0.2) is 0 Å². The van der Waals surface area contributed by atoms with E-state index >= 15 is 0 Å². The molecule has 5 nitrogen and oxygen atoms in total. The van der Waals surface area contributed by atoms with Crippen molar-refractivity contribution < 1.29 is 19.4 Å². The number of rotatable bonds is 5. The Morgan fingerprint density at radius 1 is 1.23 bits per heavy atom. The fraction of sp³-hybridized carbons (Fsp3) is 0.381. The molecule has 2 aromatic rings. The van der Waals surface area contributed by atoms with Gasteiger partial charge in [-0.1, -0.05) is 30.3 Å². The van der Waals surface area contributed by atoms with Crippen molar-refractivity contribution >= 4 is 11.6 Å². The smallest absolute Gasteiger partial charge is 0.221 e. The third-order valence-electron chi connectivity index (χ3n) is 4.54. The Balaban J connectivity index is 1.81. The zero-order valence-corrected chi connectivity index (χ0v) is 15.4. The summed E-state index contributed by atoms with van der Waals surface area (Å²) in [5, 5.41) is 13.5. The number of aliphatic hydroxyl groups excluding tert-OH is 1. The lowest BCUT2D eigenvalue weighted by atomic mass is 9.88. The minimum absolute atomic E-state index is 0.149. The van der Waals surface area contributed by atoms with Gasteiger partial charge in [0.25, 0.3) is 0 Å². The molecule has 2 atom stereocenters. The second-order valence-electron chi connectivity index (χ2n) is 7.11. The van der Waals surface area contributed by atoms with Crippen LogP contribution in [0.1, 0.15) is 38.0 Å². The molecule has 0 saturated heterocycles. The van der Waals surface area contributed by atoms with Gasteiger partial charge in [-0.05, 0) is 44.0 Å². The lowest BCUT2D eigenvalue weighted by Crippen LogP contribution is -2.49. The van der Waals surface area contributed by atoms with Gasteiger partial charge in [-0.2, -0.15) is 0 Å². The number of hydrogen-bond acceptors (Lipinski definition) is 4. The number of hydrogen-bond donors (Lipinski definition) is 2. The second kappa shape index (κ2) is 7.48. The fourth-order valence-corrected chi connectivity index (χ4v) is 3.15. The van der Waals surface area contributed by atoms with E-state index in [1.165, 1.54) is 12.5 Å². The van der Waals surface area contributed by atoms with Gasteiger partial charge in [-0.15, -0.1) is 0 Å². The summed E-state index contributed by atoms with van der Waals surface area (Å²) in [7, 11) is 0. The number of carbonyl (C=O) groups excluding carboxylic acids is 1. The van der Waals surface area contributed by atoms with Crippen LogP contribution in [0.15, 0.2) is 48.5 Å². The molecule has 0 radical (unpaired) electrons. The van der Waals surface area contributed by atoms with Crippen molar-refractivity contribution in [3.05, 3.63) is 59.7 Å². The molecule has 26 heavy (non-hydrogen) atoms. The summed E-state index contributed by atoms with van der Waals surface area (Å²) in [6.07, 6.45) is -0.587. The van der Waals surface area contributed by atoms with Crippen molar-refractivity contribution in [3.8, 4) is 5.75 Å². The lowest BCUT2D eigenvalue weighted by Gasteiger charge is -2.42. The summed E-state index contributed by atoms with van der Waals surface area (Å²) >= 11 is 0. The topological polar surface area (TPSA) is 67.8 Å². The highest BCUT2D eigenvalue weighted by Gasteiger charge is 2.43. The average molecular weight is 355 g/mol. The molecule has 1 amide bonds. The Morgan fingerprint density at radius 3 is 2.65 bits per heavy atom. The van der Waals surface area contributed by atoms with E-state index in [2.05, 4.69) is 17.4 Å². The van der Waals surface area contributed by atoms with E-state index < -0.39 is 17.8 Å². The molecule has 0 aromatic heterocycles. The van der Waals surface area contributed by atoms with Crippen molar-refractivity contribution in [1.82, 2.24) is 0 Å². The SMILES string of the molecule is CC(=O)Nc1ccc2c(c1)[C@H](OCCc1ccccc1)[C@@H](O)C(C)(C)O2. The minimum atomic E-state index is -0.821. The minimum Gasteiger partial charge on any atom is -0.485 e. The van der Waals surface area contributed by atoms with Gasteiger partial charge < -0.3 is 19.9 Å². The first-order valence-electron chi connectivity index (χ1n) is 8.81. The first kappa shape index (κ1) is 18.4. The molecule has 1 heterocycles. The number of carbonyl (C=O) groups is 1. The number of anilines is 1. The van der Waals surface area contributed by atoms with Crippen LogP contribution >= 0.6 is 0 Å². The molecule has 5 heteroatoms. The van der Waals surface area contributed by atoms with E-state index in [4.69, 9.17) is 9.47 Å². The molecule has 0 aliphatic carbocycles. The van der Waals surface area contributed by atoms with E-state index in [9.17, 15) is 9.90 Å². The van der Waals surface area contributed by atoms with Gasteiger partial charge in [0, 0.05) is 18.2 Å². The summed E-state index contributed by atoms with van der Waals surface area (Å²) in [5.41, 5.74) is 1.82. The first-order valence-corrected chi connectivity index (χ1v) is 8.81. The summed E-state index contributed by atoms with van der Waals surface area (Å²) in [6, 6.07) is 15.5. The summed E-state index contributed by atoms with van der Waals surface area (Å²) in [6.45, 7) is 5.62. The van der Waals surface area contributed by atoms with Crippen molar-refractivity contribution in [1.29, 1.82) is 0 Å². The maximum absolute atomic E-state index is 11.3. The number of fused-ring (bicyclic) bond motifs is 1. The third kappa shape index (κ3) is 4.06. The van der Waals surface area contributed by atoms with Crippen LogP contribution in [-0.2, 0) is 16.0 Å². The number of ether oxygens (including phenoxy) is 2. The Hall–Kier alpha value is -2.37. The molecule has 0 bridgehead atoms. The lowest BCUT2D eigenvalue weighted by molar-refractivity contribution is -0.134. The molecule has 0 unspecified atom stereocenters. The van der Waals surface area contributed by atoms with Crippen molar-refractivity contribution in [2.75, 3.05) is 11.9 Å². The zero-order chi connectivity index (χ0) is 18.7. The van der Waals surface area contributed by atoms with Crippen LogP contribution in [-0.4, -0.2) is 29.3 Å². The van der Waals surface area contributed by atoms with Crippen LogP contribution in [0.5, 0.6) is 5.75 Å². The highest BCUT2D eigenvalue weighted by molar-refractivity contribution is 5.88. The van der Waals surface area contributed by atoms with E-state index in [0.717, 1.165) is 12.0 Å². The number of nitrogens with one attached hydrogen (secondary N) is 1. The third-order valence-corrected chi connectivity index (χ3v) is 4.54. The van der Waals surface area contributed by atoms with Gasteiger partial charge in [-0.3, -0.25) is 4.79 Å². The molecule has 138 valence electrons. The molecule has 0 fully saturated rings. The summed E-state index contributed by atoms with van der Waals surface area (Å²) < 4.78 is 12.0. The van der Waals surface area contributed by atoms with Crippen LogP contribution in [0.2, 0.25) is 0 Å². The molecule has 1 aliphatic rings. The Labute approximate surface area is 153 Å². The van der Waals surface area contributed by atoms with Gasteiger partial charge >= 0.3 is 0 Å². The second-order valence-corrected chi connectivity index (χ2v) is 7.11. The normalized spacial score (nSPS) is 20.8. The van der Waals surface area contributed by atoms with Gasteiger partial charge in [0.15, 0.2) is 0 Å². The summed E-state index contributed by atoms with van der Waals surface area (Å²) in [5.74, 6) is 0.517. The molecular weight excluding hydrogens is 330 g/mol. The quantitative estimate of drug-likeness (QED) is 0.862. The van der Waals surface area contributed by atoms with Crippen LogP contribution in [0.3, 0.4) is 0 Å². The summed E-state index contributed by atoms with van der Waals surface area (Å²) in [4.78, 5) is 11.3. The van der Waals surface area contributed by atoms with E-state index in [1.54, 1.807) is 6.07 Å². The highest BCUT2D eigenvalue weighted by Crippen LogP contribution is 2.42. The number of benzene rings is 2. The largest absolute Gasteiger partial charge is 0.485 e. The highest BCUT2D eigenvalue weighted by atomic mass is 16.5. The number of aliphatic hydroxyl groups is 1. The monoisotopic (exact) mass is 355 g/mol. The number of amides is 1. The Morgan fingerprint density at radius 2 is 1.96 bits per heavy atom. The van der Waals surface area contributed by atoms with E-state index in [0.29, 0.717) is 18.0 Å². The maximum atomic E-state index is 11.3. The van der Waals surface area contributed by atoms with Crippen molar-refractivity contribution in [3.63, 3.8) is 0 Å². The van der Waals surface area contributed by atoms with Crippen molar-refractivity contribution in [2.45, 2.75) is 45.0 Å². The predicted molar refractivity (Wildman–Crippen MR) is 100 cm³/mol. The molecule has 3 rings (SSSR count). The van der Waals surface area contributed by atoms with Gasteiger partial charge in [0.2, 0.25) is 5.91 Å². The Bertz CT molecular complexity index is 773. The fourth-order valence-electron chi connectivity index (χ4n) is 3.15. The first-order chi connectivity index (χ1) is 12.4. The van der Waals surface area contributed by atoms with Gasteiger partial charge in [0.05, 0.1) is 6.61 Å². The molecule has 1 aliphatic heterocycles. The van der Waals surface area contributed by atoms with Crippen LogP contribution in [0.4, 0.5) is 5.69 Å².